The minimum Gasteiger partial charge on any atom is -0.406 e. The van der Waals surface area contributed by atoms with Crippen molar-refractivity contribution in [2.24, 2.45) is 0 Å². The van der Waals surface area contributed by atoms with Crippen molar-refractivity contribution in [3.63, 3.8) is 0 Å². The number of hydrogen-bond acceptors (Lipinski definition) is 9. The Morgan fingerprint density at radius 2 is 1.80 bits per heavy atom. The molecule has 0 fully saturated rings. The zero-order valence-electron chi connectivity index (χ0n) is 15.5. The van der Waals surface area contributed by atoms with Crippen LogP contribution >= 0.6 is 11.3 Å². The van der Waals surface area contributed by atoms with Crippen molar-refractivity contribution in [3.8, 4) is 16.5 Å². The van der Waals surface area contributed by atoms with E-state index in [-0.39, 0.29) is 27.3 Å². The number of benzene rings is 1. The molecule has 30 heavy (non-hydrogen) atoms. The first-order valence-corrected chi connectivity index (χ1v) is 10.5. The van der Waals surface area contributed by atoms with Crippen LogP contribution < -0.4 is 10.5 Å². The molecule has 0 radical (unpaired) electrons. The summed E-state index contributed by atoms with van der Waals surface area (Å²) >= 11 is 1.20. The van der Waals surface area contributed by atoms with Gasteiger partial charge in [-0.3, -0.25) is 4.98 Å². The number of ether oxygens (including phenoxy) is 2. The second kappa shape index (κ2) is 8.16. The summed E-state index contributed by atoms with van der Waals surface area (Å²) in [5.74, 6) is -0.535. The van der Waals surface area contributed by atoms with E-state index in [0.717, 1.165) is 30.5 Å². The van der Waals surface area contributed by atoms with E-state index < -0.39 is 21.9 Å². The van der Waals surface area contributed by atoms with Crippen LogP contribution in [-0.2, 0) is 14.6 Å². The standard InChI is InChI=1S/C17H15F3N4O4S2/c1-9(27-2)15-23-24-16(29-15)14-13(21)7-12(8-22-14)30(25,26)11-5-3-10(4-6-11)28-17(18,19)20/h3-9H,21H2,1-2H3. The largest absolute Gasteiger partial charge is 0.573 e. The van der Waals surface area contributed by atoms with Crippen molar-refractivity contribution in [2.75, 3.05) is 12.8 Å². The molecule has 0 aliphatic carbocycles. The van der Waals surface area contributed by atoms with Crippen molar-refractivity contribution in [1.82, 2.24) is 15.2 Å². The average molecular weight is 460 g/mol. The van der Waals surface area contributed by atoms with Crippen LogP contribution in [0.25, 0.3) is 10.7 Å². The van der Waals surface area contributed by atoms with Crippen LogP contribution in [0.1, 0.15) is 18.0 Å². The van der Waals surface area contributed by atoms with Gasteiger partial charge in [-0.25, -0.2) is 8.42 Å². The number of nitrogens with two attached hydrogens (primary N) is 1. The Hall–Kier alpha value is -2.77. The highest BCUT2D eigenvalue weighted by atomic mass is 32.2. The predicted octanol–water partition coefficient (Wildman–Crippen LogP) is 3.62. The maximum absolute atomic E-state index is 12.8. The highest BCUT2D eigenvalue weighted by Gasteiger charge is 2.31. The average Bonchev–Trinajstić information content (AvgIpc) is 3.16. The van der Waals surface area contributed by atoms with E-state index >= 15 is 0 Å². The molecule has 0 aliphatic heterocycles. The van der Waals surface area contributed by atoms with E-state index in [9.17, 15) is 21.6 Å². The Morgan fingerprint density at radius 3 is 2.37 bits per heavy atom. The quantitative estimate of drug-likeness (QED) is 0.593. The molecule has 1 atom stereocenters. The summed E-state index contributed by atoms with van der Waals surface area (Å²) < 4.78 is 71.2. The first-order valence-electron chi connectivity index (χ1n) is 8.24. The number of halogens is 3. The third-order valence-electron chi connectivity index (χ3n) is 3.91. The van der Waals surface area contributed by atoms with Crippen LogP contribution in [-0.4, -0.2) is 37.1 Å². The smallest absolute Gasteiger partial charge is 0.406 e. The molecule has 160 valence electrons. The molecule has 0 bridgehead atoms. The number of aromatic nitrogens is 3. The molecular weight excluding hydrogens is 445 g/mol. The molecule has 0 spiro atoms. The van der Waals surface area contributed by atoms with E-state index in [1.807, 2.05) is 0 Å². The SMILES string of the molecule is COC(C)c1nnc(-c2ncc(S(=O)(=O)c3ccc(OC(F)(F)F)cc3)cc2N)s1. The number of alkyl halides is 3. The number of sulfone groups is 1. The van der Waals surface area contributed by atoms with E-state index in [2.05, 4.69) is 19.9 Å². The van der Waals surface area contributed by atoms with Gasteiger partial charge in [-0.15, -0.1) is 23.4 Å². The second-order valence-electron chi connectivity index (χ2n) is 5.95. The normalized spacial score (nSPS) is 13.2. The molecule has 8 nitrogen and oxygen atoms in total. The molecule has 2 aromatic heterocycles. The lowest BCUT2D eigenvalue weighted by Crippen LogP contribution is -2.17. The van der Waals surface area contributed by atoms with Crippen LogP contribution in [0.4, 0.5) is 18.9 Å². The summed E-state index contributed by atoms with van der Waals surface area (Å²) in [5, 5.41) is 8.99. The lowest BCUT2D eigenvalue weighted by Gasteiger charge is -2.10. The van der Waals surface area contributed by atoms with E-state index in [0.29, 0.717) is 10.0 Å². The van der Waals surface area contributed by atoms with Gasteiger partial charge in [0, 0.05) is 13.3 Å². The van der Waals surface area contributed by atoms with Crippen LogP contribution in [0.2, 0.25) is 0 Å². The maximum atomic E-state index is 12.8. The molecule has 0 amide bonds. The molecule has 3 aromatic rings. The van der Waals surface area contributed by atoms with Gasteiger partial charge in [-0.05, 0) is 37.3 Å². The third kappa shape index (κ3) is 4.68. The van der Waals surface area contributed by atoms with Gasteiger partial charge in [0.2, 0.25) is 9.84 Å². The molecule has 2 heterocycles. The molecule has 0 saturated heterocycles. The third-order valence-corrected chi connectivity index (χ3v) is 6.74. The Balaban J connectivity index is 1.89. The minimum absolute atomic E-state index is 0.0564. The Morgan fingerprint density at radius 1 is 1.13 bits per heavy atom. The lowest BCUT2D eigenvalue weighted by atomic mass is 10.3. The Kier molecular flexibility index (Phi) is 5.97. The van der Waals surface area contributed by atoms with Crippen molar-refractivity contribution < 1.29 is 31.1 Å². The van der Waals surface area contributed by atoms with Gasteiger partial charge < -0.3 is 15.2 Å². The van der Waals surface area contributed by atoms with Gasteiger partial charge in [0.25, 0.3) is 0 Å². The highest BCUT2D eigenvalue weighted by molar-refractivity contribution is 7.91. The topological polar surface area (TPSA) is 117 Å². The van der Waals surface area contributed by atoms with Crippen LogP contribution in [0.3, 0.4) is 0 Å². The zero-order chi connectivity index (χ0) is 22.1. The second-order valence-corrected chi connectivity index (χ2v) is 8.91. The number of methoxy groups -OCH3 is 1. The van der Waals surface area contributed by atoms with Crippen molar-refractivity contribution in [3.05, 3.63) is 41.5 Å². The van der Waals surface area contributed by atoms with Gasteiger partial charge in [0.05, 0.1) is 15.5 Å². The fraction of sp³-hybridized carbons (Fsp3) is 0.235. The molecule has 1 aromatic carbocycles. The van der Waals surface area contributed by atoms with E-state index in [4.69, 9.17) is 10.5 Å². The summed E-state index contributed by atoms with van der Waals surface area (Å²) in [5.41, 5.74) is 6.29. The number of pyridine rings is 1. The van der Waals surface area contributed by atoms with Gasteiger partial charge >= 0.3 is 6.36 Å². The van der Waals surface area contributed by atoms with Gasteiger partial charge in [0.15, 0.2) is 5.01 Å². The Labute approximate surface area is 173 Å². The number of anilines is 1. The van der Waals surface area contributed by atoms with Crippen molar-refractivity contribution in [1.29, 1.82) is 0 Å². The monoisotopic (exact) mass is 460 g/mol. The molecule has 1 unspecified atom stereocenters. The fourth-order valence-electron chi connectivity index (χ4n) is 2.34. The van der Waals surface area contributed by atoms with Gasteiger partial charge in [-0.1, -0.05) is 11.3 Å². The molecule has 0 saturated carbocycles. The van der Waals surface area contributed by atoms with Crippen molar-refractivity contribution >= 4 is 26.9 Å². The minimum atomic E-state index is -4.87. The first kappa shape index (κ1) is 21.9. The number of hydrogen-bond donors (Lipinski definition) is 1. The van der Waals surface area contributed by atoms with Crippen molar-refractivity contribution in [2.45, 2.75) is 29.2 Å². The summed E-state index contributed by atoms with van der Waals surface area (Å²) in [6.07, 6.45) is -4.05. The molecule has 0 aliphatic rings. The fourth-order valence-corrected chi connectivity index (χ4v) is 4.47. The molecular formula is C17H15F3N4O4S2. The summed E-state index contributed by atoms with van der Waals surface area (Å²) in [6, 6.07) is 5.03. The molecule has 13 heteroatoms. The van der Waals surface area contributed by atoms with E-state index in [1.54, 1.807) is 6.92 Å². The Bertz CT molecular complexity index is 1150. The lowest BCUT2D eigenvalue weighted by molar-refractivity contribution is -0.274. The molecule has 3 rings (SSSR count). The van der Waals surface area contributed by atoms with Crippen LogP contribution in [0, 0.1) is 0 Å². The predicted molar refractivity (Wildman–Crippen MR) is 102 cm³/mol. The highest BCUT2D eigenvalue weighted by Crippen LogP contribution is 2.32. The summed E-state index contributed by atoms with van der Waals surface area (Å²) in [4.78, 5) is 3.64. The summed E-state index contributed by atoms with van der Waals surface area (Å²) in [6.45, 7) is 1.79. The van der Waals surface area contributed by atoms with Gasteiger partial charge in [-0.2, -0.15) is 0 Å². The number of nitrogen functional groups attached to an aromatic ring is 1. The summed E-state index contributed by atoms with van der Waals surface area (Å²) in [7, 11) is -2.54. The molecule has 2 N–H and O–H groups in total. The van der Waals surface area contributed by atoms with Crippen LogP contribution in [0.15, 0.2) is 46.3 Å². The maximum Gasteiger partial charge on any atom is 0.573 e. The number of rotatable bonds is 6. The first-order chi connectivity index (χ1) is 14.0. The van der Waals surface area contributed by atoms with Crippen LogP contribution in [0.5, 0.6) is 5.75 Å². The van der Waals surface area contributed by atoms with Gasteiger partial charge in [0.1, 0.15) is 22.6 Å². The zero-order valence-corrected chi connectivity index (χ0v) is 17.2. The van der Waals surface area contributed by atoms with E-state index in [1.165, 1.54) is 24.5 Å². The number of nitrogens with zero attached hydrogens (tertiary/aromatic N) is 3.